The fraction of sp³-hybridized carbons (Fsp3) is 0.818. The topological polar surface area (TPSA) is 104 Å². The number of hydrogen-bond donors (Lipinski definition) is 2. The fourth-order valence-electron chi connectivity index (χ4n) is 1.41. The summed E-state index contributed by atoms with van der Waals surface area (Å²) in [5, 5.41) is 8.58. The van der Waals surface area contributed by atoms with Crippen molar-refractivity contribution >= 4 is 21.9 Å². The van der Waals surface area contributed by atoms with Crippen molar-refractivity contribution in [3.63, 3.8) is 0 Å². The Balaban J connectivity index is 4.97. The molecular formula is C11H22N2O5S. The zero-order valence-corrected chi connectivity index (χ0v) is 12.7. The minimum absolute atomic E-state index is 0.0339. The van der Waals surface area contributed by atoms with Crippen LogP contribution in [0.2, 0.25) is 0 Å². The van der Waals surface area contributed by atoms with Gasteiger partial charge in [-0.05, 0) is 5.41 Å². The summed E-state index contributed by atoms with van der Waals surface area (Å²) in [5.74, 6) is -1.46. The van der Waals surface area contributed by atoms with Crippen molar-refractivity contribution in [2.24, 2.45) is 5.41 Å². The Morgan fingerprint density at radius 2 is 1.79 bits per heavy atom. The molecule has 0 saturated carbocycles. The molecule has 19 heavy (non-hydrogen) atoms. The van der Waals surface area contributed by atoms with Gasteiger partial charge in [0, 0.05) is 13.6 Å². The van der Waals surface area contributed by atoms with Gasteiger partial charge in [-0.25, -0.2) is 13.1 Å². The Morgan fingerprint density at radius 1 is 1.32 bits per heavy atom. The number of carbonyl (C=O) groups is 2. The van der Waals surface area contributed by atoms with Gasteiger partial charge in [-0.1, -0.05) is 20.8 Å². The third-order valence-corrected chi connectivity index (χ3v) is 3.15. The Kier molecular flexibility index (Phi) is 5.95. The molecule has 0 saturated heterocycles. The minimum atomic E-state index is -3.53. The van der Waals surface area contributed by atoms with Gasteiger partial charge in [-0.15, -0.1) is 0 Å². The first-order chi connectivity index (χ1) is 8.34. The number of hydrogen-bond acceptors (Lipinski definition) is 4. The molecule has 8 heteroatoms. The number of likely N-dealkylation sites (N-methyl/N-ethyl adjacent to an activating group) is 1. The lowest BCUT2D eigenvalue weighted by Gasteiger charge is -2.32. The number of carboxylic acid groups (broad SMARTS) is 1. The summed E-state index contributed by atoms with van der Waals surface area (Å²) >= 11 is 0. The van der Waals surface area contributed by atoms with E-state index in [-0.39, 0.29) is 13.0 Å². The molecule has 0 radical (unpaired) electrons. The van der Waals surface area contributed by atoms with Gasteiger partial charge in [0.25, 0.3) is 0 Å². The average molecular weight is 294 g/mol. The molecule has 0 rings (SSSR count). The van der Waals surface area contributed by atoms with Crippen LogP contribution in [0.5, 0.6) is 0 Å². The lowest BCUT2D eigenvalue weighted by molar-refractivity contribution is -0.139. The van der Waals surface area contributed by atoms with Crippen molar-refractivity contribution in [3.8, 4) is 0 Å². The number of rotatable bonds is 6. The number of nitrogens with one attached hydrogen (secondary N) is 1. The molecule has 0 aliphatic heterocycles. The highest BCUT2D eigenvalue weighted by Gasteiger charge is 2.35. The molecule has 0 bridgehead atoms. The van der Waals surface area contributed by atoms with Crippen molar-refractivity contribution in [1.82, 2.24) is 9.62 Å². The normalized spacial score (nSPS) is 13.9. The van der Waals surface area contributed by atoms with E-state index in [0.29, 0.717) is 0 Å². The average Bonchev–Trinajstić information content (AvgIpc) is 2.18. The summed E-state index contributed by atoms with van der Waals surface area (Å²) in [6.07, 6.45) is 0.800. The summed E-state index contributed by atoms with van der Waals surface area (Å²) in [6, 6.07) is -0.929. The molecule has 0 heterocycles. The van der Waals surface area contributed by atoms with Gasteiger partial charge in [0.1, 0.15) is 6.04 Å². The second kappa shape index (κ2) is 6.33. The highest BCUT2D eigenvalue weighted by atomic mass is 32.2. The summed E-state index contributed by atoms with van der Waals surface area (Å²) in [5.41, 5.74) is -0.613. The molecule has 1 amide bonds. The summed E-state index contributed by atoms with van der Waals surface area (Å²) in [6.45, 7) is 5.24. The van der Waals surface area contributed by atoms with Crippen LogP contribution < -0.4 is 4.72 Å². The second-order valence-corrected chi connectivity index (χ2v) is 7.37. The van der Waals surface area contributed by atoms with E-state index in [1.54, 1.807) is 20.8 Å². The standard InChI is InChI=1S/C11H22N2O5S/c1-11(2,3)9(12-19(5,17)18)10(16)13(4)7-6-8(14)15/h9,12H,6-7H2,1-5H3,(H,14,15). The molecule has 0 aliphatic rings. The van der Waals surface area contributed by atoms with Crippen molar-refractivity contribution in [2.75, 3.05) is 19.8 Å². The monoisotopic (exact) mass is 294 g/mol. The zero-order chi connectivity index (χ0) is 15.4. The minimum Gasteiger partial charge on any atom is -0.481 e. The van der Waals surface area contributed by atoms with E-state index in [0.717, 1.165) is 6.26 Å². The largest absolute Gasteiger partial charge is 0.481 e. The molecule has 7 nitrogen and oxygen atoms in total. The maximum absolute atomic E-state index is 12.2. The SMILES string of the molecule is CN(CCC(=O)O)C(=O)C(NS(C)(=O)=O)C(C)(C)C. The predicted molar refractivity (Wildman–Crippen MR) is 71.1 cm³/mol. The first-order valence-electron chi connectivity index (χ1n) is 5.78. The molecule has 0 aromatic carbocycles. The molecule has 0 aromatic heterocycles. The van der Waals surface area contributed by atoms with Crippen LogP contribution in [0, 0.1) is 5.41 Å². The summed E-state index contributed by atoms with van der Waals surface area (Å²) in [4.78, 5) is 23.9. The van der Waals surface area contributed by atoms with E-state index in [4.69, 9.17) is 5.11 Å². The molecule has 0 aliphatic carbocycles. The smallest absolute Gasteiger partial charge is 0.305 e. The zero-order valence-electron chi connectivity index (χ0n) is 11.9. The predicted octanol–water partition coefficient (Wildman–Crippen LogP) is -0.117. The van der Waals surface area contributed by atoms with Crippen LogP contribution in [0.25, 0.3) is 0 Å². The molecule has 112 valence electrons. The van der Waals surface area contributed by atoms with Crippen LogP contribution in [-0.2, 0) is 19.6 Å². The number of amides is 1. The number of sulfonamides is 1. The van der Waals surface area contributed by atoms with Crippen LogP contribution in [0.1, 0.15) is 27.2 Å². The third kappa shape index (κ3) is 7.12. The Morgan fingerprint density at radius 3 is 2.11 bits per heavy atom. The van der Waals surface area contributed by atoms with E-state index in [9.17, 15) is 18.0 Å². The number of carboxylic acids is 1. The number of carbonyl (C=O) groups excluding carboxylic acids is 1. The van der Waals surface area contributed by atoms with Crippen LogP contribution in [-0.4, -0.2) is 56.2 Å². The van der Waals surface area contributed by atoms with Crippen LogP contribution in [0.4, 0.5) is 0 Å². The van der Waals surface area contributed by atoms with Crippen molar-refractivity contribution < 1.29 is 23.1 Å². The number of aliphatic carboxylic acids is 1. The first-order valence-corrected chi connectivity index (χ1v) is 7.68. The fourth-order valence-corrected chi connectivity index (χ4v) is 2.29. The molecule has 2 N–H and O–H groups in total. The van der Waals surface area contributed by atoms with Crippen molar-refractivity contribution in [3.05, 3.63) is 0 Å². The van der Waals surface area contributed by atoms with E-state index < -0.39 is 33.4 Å². The maximum atomic E-state index is 12.2. The van der Waals surface area contributed by atoms with E-state index in [1.165, 1.54) is 11.9 Å². The lowest BCUT2D eigenvalue weighted by Crippen LogP contribution is -2.53. The van der Waals surface area contributed by atoms with Gasteiger partial charge < -0.3 is 10.0 Å². The van der Waals surface area contributed by atoms with Crippen LogP contribution in [0.3, 0.4) is 0 Å². The quantitative estimate of drug-likeness (QED) is 0.711. The Hall–Kier alpha value is -1.15. The second-order valence-electron chi connectivity index (χ2n) is 5.59. The lowest BCUT2D eigenvalue weighted by atomic mass is 9.86. The van der Waals surface area contributed by atoms with Crippen molar-refractivity contribution in [2.45, 2.75) is 33.2 Å². The van der Waals surface area contributed by atoms with E-state index in [1.807, 2.05) is 0 Å². The molecule has 1 atom stereocenters. The Bertz CT molecular complexity index is 438. The van der Waals surface area contributed by atoms with Gasteiger partial charge in [-0.3, -0.25) is 9.59 Å². The molecule has 0 aromatic rings. The third-order valence-electron chi connectivity index (χ3n) is 2.48. The Labute approximate surface area is 114 Å². The summed E-state index contributed by atoms with van der Waals surface area (Å²) in [7, 11) is -2.08. The van der Waals surface area contributed by atoms with Gasteiger partial charge in [0.15, 0.2) is 0 Å². The van der Waals surface area contributed by atoms with Crippen LogP contribution >= 0.6 is 0 Å². The van der Waals surface area contributed by atoms with Crippen molar-refractivity contribution in [1.29, 1.82) is 0 Å². The molecule has 1 unspecified atom stereocenters. The first kappa shape index (κ1) is 17.8. The van der Waals surface area contributed by atoms with Gasteiger partial charge in [0.05, 0.1) is 12.7 Å². The van der Waals surface area contributed by atoms with Gasteiger partial charge in [0.2, 0.25) is 15.9 Å². The van der Waals surface area contributed by atoms with E-state index >= 15 is 0 Å². The van der Waals surface area contributed by atoms with Gasteiger partial charge >= 0.3 is 5.97 Å². The van der Waals surface area contributed by atoms with Gasteiger partial charge in [-0.2, -0.15) is 0 Å². The number of nitrogens with zero attached hydrogens (tertiary/aromatic N) is 1. The highest BCUT2D eigenvalue weighted by Crippen LogP contribution is 2.21. The molecule has 0 fully saturated rings. The van der Waals surface area contributed by atoms with Crippen LogP contribution in [0.15, 0.2) is 0 Å². The maximum Gasteiger partial charge on any atom is 0.305 e. The highest BCUT2D eigenvalue weighted by molar-refractivity contribution is 7.88. The summed E-state index contributed by atoms with van der Waals surface area (Å²) < 4.78 is 24.9. The molecule has 0 spiro atoms. The van der Waals surface area contributed by atoms with E-state index in [2.05, 4.69) is 4.72 Å². The molecular weight excluding hydrogens is 272 g/mol.